The lowest BCUT2D eigenvalue weighted by Gasteiger charge is -2.26. The van der Waals surface area contributed by atoms with Crippen LogP contribution in [0.5, 0.6) is 5.75 Å². The Balaban J connectivity index is 1.08. The molecule has 40 heavy (non-hydrogen) atoms. The maximum absolute atomic E-state index is 12.7. The van der Waals surface area contributed by atoms with E-state index >= 15 is 0 Å². The van der Waals surface area contributed by atoms with Crippen molar-refractivity contribution in [3.63, 3.8) is 0 Å². The average Bonchev–Trinajstić information content (AvgIpc) is 3.64. The van der Waals surface area contributed by atoms with Crippen LogP contribution in [-0.2, 0) is 27.8 Å². The predicted octanol–water partition coefficient (Wildman–Crippen LogP) is 6.17. The summed E-state index contributed by atoms with van der Waals surface area (Å²) in [6, 6.07) is 18.7. The van der Waals surface area contributed by atoms with E-state index in [0.29, 0.717) is 18.7 Å². The first kappa shape index (κ1) is 26.7. The van der Waals surface area contributed by atoms with Gasteiger partial charge in [0.1, 0.15) is 28.7 Å². The number of benzene rings is 2. The van der Waals surface area contributed by atoms with Crippen LogP contribution in [0.25, 0.3) is 26.2 Å². The molecule has 208 valence electrons. The highest BCUT2D eigenvalue weighted by molar-refractivity contribution is 7.24. The lowest BCUT2D eigenvalue weighted by Crippen LogP contribution is -2.38. The van der Waals surface area contributed by atoms with Crippen LogP contribution in [0.2, 0.25) is 0 Å². The van der Waals surface area contributed by atoms with E-state index in [1.165, 1.54) is 15.0 Å². The minimum Gasteiger partial charge on any atom is -0.492 e. The zero-order valence-electron chi connectivity index (χ0n) is 23.3. The van der Waals surface area contributed by atoms with Crippen LogP contribution in [-0.4, -0.2) is 59.7 Å². The van der Waals surface area contributed by atoms with Crippen molar-refractivity contribution in [1.82, 2.24) is 14.5 Å². The van der Waals surface area contributed by atoms with Crippen LogP contribution in [0.15, 0.2) is 65.3 Å². The molecule has 0 bridgehead atoms. The molecule has 0 spiro atoms. The number of Topliss-reactive ketones (excluding diaryl/α,β-unsaturated/α-hetero) is 1. The molecular formula is C32H35N3O4S. The number of carbonyl (C=O) groups excluding carboxylic acids is 1. The number of ether oxygens (including phenoxy) is 2. The van der Waals surface area contributed by atoms with Gasteiger partial charge in [-0.2, -0.15) is 0 Å². The normalized spacial score (nSPS) is 14.8. The number of ketones is 1. The smallest absolute Gasteiger partial charge is 0.143 e. The first-order valence-corrected chi connectivity index (χ1v) is 14.7. The van der Waals surface area contributed by atoms with Crippen molar-refractivity contribution in [2.75, 3.05) is 39.5 Å². The second-order valence-electron chi connectivity index (χ2n) is 11.5. The Morgan fingerprint density at radius 1 is 1.00 bits per heavy atom. The van der Waals surface area contributed by atoms with Crippen molar-refractivity contribution in [1.29, 1.82) is 0 Å². The Hall–Kier alpha value is -3.46. The molecule has 8 heteroatoms. The highest BCUT2D eigenvalue weighted by Gasteiger charge is 2.20. The predicted molar refractivity (Wildman–Crippen MR) is 159 cm³/mol. The molecule has 0 radical (unpaired) electrons. The number of hydrogen-bond acceptors (Lipinski definition) is 7. The largest absolute Gasteiger partial charge is 0.492 e. The van der Waals surface area contributed by atoms with E-state index < -0.39 is 0 Å². The van der Waals surface area contributed by atoms with Crippen molar-refractivity contribution in [3.8, 4) is 16.9 Å². The first-order valence-electron chi connectivity index (χ1n) is 13.9. The molecule has 1 fully saturated rings. The van der Waals surface area contributed by atoms with Gasteiger partial charge < -0.3 is 18.4 Å². The van der Waals surface area contributed by atoms with Crippen LogP contribution in [0, 0.1) is 0 Å². The second kappa shape index (κ2) is 11.2. The van der Waals surface area contributed by atoms with Gasteiger partial charge in [-0.1, -0.05) is 50.2 Å². The molecule has 0 saturated carbocycles. The summed E-state index contributed by atoms with van der Waals surface area (Å²) in [5.74, 6) is 1.84. The molecule has 6 rings (SSSR count). The number of rotatable bonds is 9. The van der Waals surface area contributed by atoms with E-state index in [0.717, 1.165) is 61.0 Å². The van der Waals surface area contributed by atoms with E-state index in [4.69, 9.17) is 14.0 Å². The standard InChI is InChI=1S/C32H35N3O4S/c1-32(2,3)30-19-25(33-39-30)18-26(36)16-22-4-6-23(7-5-22)24-17-31-35(21-24)28-9-8-27(20-29(28)40-31)38-15-12-34-10-13-37-14-11-34/h4-9,17,19-21H,10-16,18H2,1-3H3. The molecule has 4 heterocycles. The number of thiazole rings is 1. The Morgan fingerprint density at radius 3 is 2.55 bits per heavy atom. The molecule has 5 aromatic rings. The number of fused-ring (bicyclic) bond motifs is 3. The van der Waals surface area contributed by atoms with E-state index in [9.17, 15) is 4.79 Å². The van der Waals surface area contributed by atoms with Crippen molar-refractivity contribution in [2.24, 2.45) is 0 Å². The van der Waals surface area contributed by atoms with Crippen molar-refractivity contribution < 1.29 is 18.8 Å². The number of aromatic nitrogens is 2. The third-order valence-corrected chi connectivity index (χ3v) is 8.41. The monoisotopic (exact) mass is 557 g/mol. The maximum Gasteiger partial charge on any atom is 0.143 e. The molecule has 0 aliphatic carbocycles. The molecular weight excluding hydrogens is 522 g/mol. The Kier molecular flexibility index (Phi) is 7.49. The molecule has 1 aliphatic heterocycles. The summed E-state index contributed by atoms with van der Waals surface area (Å²) < 4.78 is 20.3. The van der Waals surface area contributed by atoms with Gasteiger partial charge in [0.25, 0.3) is 0 Å². The van der Waals surface area contributed by atoms with Crippen molar-refractivity contribution in [2.45, 2.75) is 39.0 Å². The van der Waals surface area contributed by atoms with E-state index in [2.05, 4.69) is 77.8 Å². The third kappa shape index (κ3) is 5.99. The molecule has 0 N–H and O–H groups in total. The number of carbonyl (C=O) groups is 1. The van der Waals surface area contributed by atoms with Crippen LogP contribution < -0.4 is 4.74 Å². The van der Waals surface area contributed by atoms with Crippen LogP contribution in [0.1, 0.15) is 37.8 Å². The molecule has 0 amide bonds. The minimum absolute atomic E-state index is 0.120. The van der Waals surface area contributed by atoms with Crippen molar-refractivity contribution in [3.05, 3.63) is 77.8 Å². The van der Waals surface area contributed by atoms with Gasteiger partial charge in [0.05, 0.1) is 35.5 Å². The quantitative estimate of drug-likeness (QED) is 0.216. The van der Waals surface area contributed by atoms with E-state index in [1.54, 1.807) is 11.3 Å². The van der Waals surface area contributed by atoms with Crippen molar-refractivity contribution >= 4 is 32.2 Å². The molecule has 1 saturated heterocycles. The summed E-state index contributed by atoms with van der Waals surface area (Å²) in [4.78, 5) is 16.2. The van der Waals surface area contributed by atoms with Gasteiger partial charge in [-0.05, 0) is 35.4 Å². The zero-order chi connectivity index (χ0) is 27.7. The summed E-state index contributed by atoms with van der Waals surface area (Å²) in [6.07, 6.45) is 2.85. The summed E-state index contributed by atoms with van der Waals surface area (Å²) in [5, 5.41) is 4.08. The molecule has 2 aromatic carbocycles. The average molecular weight is 558 g/mol. The summed E-state index contributed by atoms with van der Waals surface area (Å²) in [7, 11) is 0. The Bertz CT molecular complexity index is 1620. The van der Waals surface area contributed by atoms with E-state index in [1.807, 2.05) is 18.2 Å². The molecule has 3 aromatic heterocycles. The van der Waals surface area contributed by atoms with Gasteiger partial charge >= 0.3 is 0 Å². The Labute approximate surface area is 238 Å². The lowest BCUT2D eigenvalue weighted by atomic mass is 9.93. The SMILES string of the molecule is CC(C)(C)c1cc(CC(=O)Cc2ccc(-c3cc4sc5cc(OCCN6CCOCC6)ccc5n4c3)cc2)no1. The second-order valence-corrected chi connectivity index (χ2v) is 12.6. The highest BCUT2D eigenvalue weighted by atomic mass is 32.1. The summed E-state index contributed by atoms with van der Waals surface area (Å²) in [5.41, 5.74) is 5.05. The fourth-order valence-corrected chi connectivity index (χ4v) is 6.12. The molecule has 0 unspecified atom stereocenters. The van der Waals surface area contributed by atoms with Gasteiger partial charge in [-0.3, -0.25) is 9.69 Å². The summed E-state index contributed by atoms with van der Waals surface area (Å²) in [6.45, 7) is 11.4. The number of morpholine rings is 1. The third-order valence-electron chi connectivity index (χ3n) is 7.33. The van der Waals surface area contributed by atoms with Crippen LogP contribution >= 0.6 is 11.3 Å². The fraction of sp³-hybridized carbons (Fsp3) is 0.375. The molecule has 7 nitrogen and oxygen atoms in total. The highest BCUT2D eigenvalue weighted by Crippen LogP contribution is 2.34. The van der Waals surface area contributed by atoms with Crippen LogP contribution in [0.3, 0.4) is 0 Å². The van der Waals surface area contributed by atoms with Gasteiger partial charge in [0.15, 0.2) is 0 Å². The van der Waals surface area contributed by atoms with Gasteiger partial charge in [-0.15, -0.1) is 11.3 Å². The first-order chi connectivity index (χ1) is 19.3. The maximum atomic E-state index is 12.7. The van der Waals surface area contributed by atoms with Crippen LogP contribution in [0.4, 0.5) is 0 Å². The minimum atomic E-state index is -0.120. The summed E-state index contributed by atoms with van der Waals surface area (Å²) >= 11 is 1.77. The number of hydrogen-bond donors (Lipinski definition) is 0. The molecule has 0 atom stereocenters. The van der Waals surface area contributed by atoms with Gasteiger partial charge in [-0.25, -0.2) is 0 Å². The number of nitrogens with zero attached hydrogens (tertiary/aromatic N) is 3. The Morgan fingerprint density at radius 2 is 1.80 bits per heavy atom. The van der Waals surface area contributed by atoms with Gasteiger partial charge in [0.2, 0.25) is 0 Å². The molecule has 1 aliphatic rings. The topological polar surface area (TPSA) is 69.2 Å². The lowest BCUT2D eigenvalue weighted by molar-refractivity contribution is -0.117. The zero-order valence-corrected chi connectivity index (χ0v) is 24.1. The van der Waals surface area contributed by atoms with E-state index in [-0.39, 0.29) is 17.6 Å². The van der Waals surface area contributed by atoms with Gasteiger partial charge in [0, 0.05) is 49.3 Å². The fourth-order valence-electron chi connectivity index (χ4n) is 5.02.